The first-order chi connectivity index (χ1) is 9.01. The molecule has 0 aromatic heterocycles. The summed E-state index contributed by atoms with van der Waals surface area (Å²) < 4.78 is 12.6. The average molecular weight is 329 g/mol. The summed E-state index contributed by atoms with van der Waals surface area (Å²) >= 11 is 3.57. The third-order valence-electron chi connectivity index (χ3n) is 3.55. The number of fused-ring (bicyclic) bond motifs is 1. The number of aliphatic hydroxyl groups excluding tert-OH is 1. The number of rotatable bonds is 3. The highest BCUT2D eigenvalue weighted by atomic mass is 79.9. The maximum absolute atomic E-state index is 9.63. The molecule has 0 saturated heterocycles. The van der Waals surface area contributed by atoms with Crippen LogP contribution in [0.15, 0.2) is 10.5 Å². The van der Waals surface area contributed by atoms with Gasteiger partial charge in [0.1, 0.15) is 0 Å². The lowest BCUT2D eigenvalue weighted by atomic mass is 9.81. The summed E-state index contributed by atoms with van der Waals surface area (Å²) in [5.74, 6) is 1.64. The van der Waals surface area contributed by atoms with Gasteiger partial charge < -0.3 is 14.6 Å². The van der Waals surface area contributed by atoms with Crippen molar-refractivity contribution in [3.8, 4) is 11.5 Å². The van der Waals surface area contributed by atoms with Gasteiger partial charge in [0.25, 0.3) is 0 Å². The predicted octanol–water partition coefficient (Wildman–Crippen LogP) is 3.44. The van der Waals surface area contributed by atoms with Crippen LogP contribution in [0.25, 0.3) is 0 Å². The van der Waals surface area contributed by atoms with Crippen LogP contribution in [0, 0.1) is 0 Å². The lowest BCUT2D eigenvalue weighted by molar-refractivity contribution is 0.217. The molecule has 19 heavy (non-hydrogen) atoms. The number of ether oxygens (including phenoxy) is 2. The van der Waals surface area contributed by atoms with Crippen molar-refractivity contribution in [3.05, 3.63) is 21.7 Å². The second-order valence-corrected chi connectivity index (χ2v) is 6.34. The Labute approximate surface area is 123 Å². The third-order valence-corrected chi connectivity index (χ3v) is 4.14. The quantitative estimate of drug-likeness (QED) is 0.923. The molecule has 0 fully saturated rings. The van der Waals surface area contributed by atoms with Crippen molar-refractivity contribution in [2.75, 3.05) is 19.8 Å². The van der Waals surface area contributed by atoms with Gasteiger partial charge in [-0.15, -0.1) is 0 Å². The van der Waals surface area contributed by atoms with Gasteiger partial charge in [-0.1, -0.05) is 20.8 Å². The van der Waals surface area contributed by atoms with E-state index in [4.69, 9.17) is 9.47 Å². The molecule has 0 amide bonds. The molecule has 0 unspecified atom stereocenters. The van der Waals surface area contributed by atoms with E-state index in [2.05, 4.69) is 28.9 Å². The molecule has 1 heterocycles. The van der Waals surface area contributed by atoms with E-state index in [0.717, 1.165) is 39.9 Å². The fraction of sp³-hybridized carbons (Fsp3) is 0.600. The maximum atomic E-state index is 9.63. The number of halogens is 1. The van der Waals surface area contributed by atoms with Gasteiger partial charge in [-0.2, -0.15) is 0 Å². The first-order valence-corrected chi connectivity index (χ1v) is 7.53. The molecule has 1 aromatic rings. The van der Waals surface area contributed by atoms with Crippen molar-refractivity contribution in [2.45, 2.75) is 39.0 Å². The van der Waals surface area contributed by atoms with Gasteiger partial charge in [0.2, 0.25) is 0 Å². The molecular weight excluding hydrogens is 308 g/mol. The van der Waals surface area contributed by atoms with Crippen LogP contribution in [0.4, 0.5) is 0 Å². The lowest BCUT2D eigenvalue weighted by Gasteiger charge is -2.28. The first kappa shape index (κ1) is 14.7. The van der Waals surface area contributed by atoms with Crippen LogP contribution in [0.3, 0.4) is 0 Å². The summed E-state index contributed by atoms with van der Waals surface area (Å²) in [5, 5.41) is 9.63. The minimum atomic E-state index is -0.293. The van der Waals surface area contributed by atoms with Crippen molar-refractivity contribution in [3.63, 3.8) is 0 Å². The van der Waals surface area contributed by atoms with Crippen molar-refractivity contribution in [1.82, 2.24) is 0 Å². The number of benzene rings is 1. The van der Waals surface area contributed by atoms with E-state index in [1.165, 1.54) is 0 Å². The summed E-state index contributed by atoms with van der Waals surface area (Å²) in [6.45, 7) is 7.64. The minimum absolute atomic E-state index is 0.103. The zero-order valence-electron chi connectivity index (χ0n) is 11.8. The summed E-state index contributed by atoms with van der Waals surface area (Å²) in [4.78, 5) is 0. The molecule has 1 N–H and O–H groups in total. The lowest BCUT2D eigenvalue weighted by Crippen LogP contribution is -2.24. The molecule has 1 aromatic carbocycles. The van der Waals surface area contributed by atoms with Gasteiger partial charge in [0.05, 0.1) is 24.3 Å². The Morgan fingerprint density at radius 3 is 2.47 bits per heavy atom. The Morgan fingerprint density at radius 2 is 1.89 bits per heavy atom. The Bertz CT molecular complexity index is 469. The Hall–Kier alpha value is -0.740. The van der Waals surface area contributed by atoms with Gasteiger partial charge in [-0.05, 0) is 34.0 Å². The summed E-state index contributed by atoms with van der Waals surface area (Å²) in [6.07, 6.45) is 1.75. The van der Waals surface area contributed by atoms with Crippen molar-refractivity contribution in [1.29, 1.82) is 0 Å². The normalized spacial score (nSPS) is 15.2. The Balaban J connectivity index is 2.64. The summed E-state index contributed by atoms with van der Waals surface area (Å²) in [7, 11) is 0. The zero-order chi connectivity index (χ0) is 14.0. The second-order valence-electron chi connectivity index (χ2n) is 5.49. The average Bonchev–Trinajstić information content (AvgIpc) is 2.64. The SMILES string of the molecule is CCc1c(C(C)(C)CO)cc(Br)c2c1OCCCO2. The van der Waals surface area contributed by atoms with Crippen molar-refractivity contribution < 1.29 is 14.6 Å². The van der Waals surface area contributed by atoms with Gasteiger partial charge in [-0.3, -0.25) is 0 Å². The molecule has 0 radical (unpaired) electrons. The number of hydrogen-bond donors (Lipinski definition) is 1. The van der Waals surface area contributed by atoms with Gasteiger partial charge in [0, 0.05) is 17.4 Å². The summed E-state index contributed by atoms with van der Waals surface area (Å²) in [6, 6.07) is 2.06. The molecule has 0 aliphatic carbocycles. The number of hydrogen-bond acceptors (Lipinski definition) is 3. The monoisotopic (exact) mass is 328 g/mol. The first-order valence-electron chi connectivity index (χ1n) is 6.73. The molecule has 2 rings (SSSR count). The molecule has 0 atom stereocenters. The van der Waals surface area contributed by atoms with Gasteiger partial charge in [0.15, 0.2) is 11.5 Å². The van der Waals surface area contributed by atoms with Gasteiger partial charge in [-0.25, -0.2) is 0 Å². The molecule has 1 aliphatic rings. The molecule has 0 spiro atoms. The van der Waals surface area contributed by atoms with Crippen LogP contribution in [0.5, 0.6) is 11.5 Å². The van der Waals surface area contributed by atoms with E-state index in [1.54, 1.807) is 0 Å². The standard InChI is InChI=1S/C15H21BrO3/c1-4-10-11(15(2,3)9-17)8-12(16)14-13(10)18-6-5-7-19-14/h8,17H,4-7,9H2,1-3H3. The molecule has 4 heteroatoms. The fourth-order valence-corrected chi connectivity index (χ4v) is 2.91. The zero-order valence-corrected chi connectivity index (χ0v) is 13.3. The molecule has 1 aliphatic heterocycles. The highest BCUT2D eigenvalue weighted by molar-refractivity contribution is 9.10. The van der Waals surface area contributed by atoms with Crippen molar-refractivity contribution >= 4 is 15.9 Å². The molecular formula is C15H21BrO3. The maximum Gasteiger partial charge on any atom is 0.175 e. The highest BCUT2D eigenvalue weighted by Gasteiger charge is 2.28. The fourth-order valence-electron chi connectivity index (χ4n) is 2.38. The topological polar surface area (TPSA) is 38.7 Å². The van der Waals surface area contributed by atoms with Crippen molar-refractivity contribution in [2.24, 2.45) is 0 Å². The highest BCUT2D eigenvalue weighted by Crippen LogP contribution is 2.45. The van der Waals surface area contributed by atoms with E-state index in [0.29, 0.717) is 13.2 Å². The van der Waals surface area contributed by atoms with Crippen LogP contribution < -0.4 is 9.47 Å². The Morgan fingerprint density at radius 1 is 1.26 bits per heavy atom. The van der Waals surface area contributed by atoms with Crippen LogP contribution in [-0.2, 0) is 11.8 Å². The third kappa shape index (κ3) is 2.75. The van der Waals surface area contributed by atoms with E-state index < -0.39 is 0 Å². The second kappa shape index (κ2) is 5.71. The molecule has 0 saturated carbocycles. The number of aliphatic hydroxyl groups is 1. The smallest absolute Gasteiger partial charge is 0.175 e. The van der Waals surface area contributed by atoms with Crippen LogP contribution in [0.2, 0.25) is 0 Å². The predicted molar refractivity (Wildman–Crippen MR) is 79.2 cm³/mol. The summed E-state index contributed by atoms with van der Waals surface area (Å²) in [5.41, 5.74) is 1.96. The van der Waals surface area contributed by atoms with E-state index in [-0.39, 0.29) is 12.0 Å². The van der Waals surface area contributed by atoms with Gasteiger partial charge >= 0.3 is 0 Å². The van der Waals surface area contributed by atoms with E-state index >= 15 is 0 Å². The molecule has 0 bridgehead atoms. The van der Waals surface area contributed by atoms with Crippen LogP contribution in [-0.4, -0.2) is 24.9 Å². The van der Waals surface area contributed by atoms with E-state index in [1.807, 2.05) is 13.8 Å². The van der Waals surface area contributed by atoms with Crippen LogP contribution in [0.1, 0.15) is 38.3 Å². The Kier molecular flexibility index (Phi) is 4.41. The largest absolute Gasteiger partial charge is 0.489 e. The van der Waals surface area contributed by atoms with E-state index in [9.17, 15) is 5.11 Å². The minimum Gasteiger partial charge on any atom is -0.489 e. The molecule has 3 nitrogen and oxygen atoms in total. The molecule has 106 valence electrons. The van der Waals surface area contributed by atoms with Crippen LogP contribution >= 0.6 is 15.9 Å².